The summed E-state index contributed by atoms with van der Waals surface area (Å²) in [6, 6.07) is 9.67. The summed E-state index contributed by atoms with van der Waals surface area (Å²) in [5, 5.41) is 8.07. The van der Waals surface area contributed by atoms with Gasteiger partial charge >= 0.3 is 0 Å². The zero-order chi connectivity index (χ0) is 16.2. The first kappa shape index (κ1) is 16.0. The fraction of sp³-hybridized carbons (Fsp3) is 0.176. The molecule has 0 atom stereocenters. The molecule has 1 heterocycles. The maximum absolute atomic E-state index is 12.1. The highest BCUT2D eigenvalue weighted by molar-refractivity contribution is 9.10. The van der Waals surface area contributed by atoms with E-state index in [1.54, 1.807) is 17.5 Å². The lowest BCUT2D eigenvalue weighted by atomic mass is 10.2. The average molecular weight is 391 g/mol. The van der Waals surface area contributed by atoms with Crippen LogP contribution in [0.5, 0.6) is 0 Å². The number of rotatable bonds is 5. The molecule has 118 valence electrons. The number of anilines is 1. The fourth-order valence-corrected chi connectivity index (χ4v) is 3.21. The molecule has 0 radical (unpaired) electrons. The summed E-state index contributed by atoms with van der Waals surface area (Å²) >= 11 is 4.78. The van der Waals surface area contributed by atoms with E-state index in [1.807, 2.05) is 24.3 Å². The molecule has 0 aliphatic heterocycles. The Balaban J connectivity index is 1.65. The van der Waals surface area contributed by atoms with Crippen LogP contribution in [0.1, 0.15) is 28.8 Å². The first-order valence-electron chi connectivity index (χ1n) is 7.25. The van der Waals surface area contributed by atoms with Gasteiger partial charge in [-0.25, -0.2) is 0 Å². The molecule has 3 rings (SSSR count). The molecule has 1 aliphatic rings. The first-order valence-corrected chi connectivity index (χ1v) is 8.92. The number of halogens is 1. The Labute approximate surface area is 146 Å². The van der Waals surface area contributed by atoms with E-state index < -0.39 is 0 Å². The van der Waals surface area contributed by atoms with Gasteiger partial charge in [0, 0.05) is 16.6 Å². The Hall–Kier alpha value is -1.92. The number of amides is 2. The van der Waals surface area contributed by atoms with Crippen molar-refractivity contribution in [3.05, 3.63) is 57.4 Å². The van der Waals surface area contributed by atoms with E-state index in [0.29, 0.717) is 16.6 Å². The molecule has 0 spiro atoms. The number of hydrogen-bond acceptors (Lipinski definition) is 3. The normalized spacial score (nSPS) is 14.0. The van der Waals surface area contributed by atoms with Crippen molar-refractivity contribution in [2.75, 3.05) is 5.32 Å². The van der Waals surface area contributed by atoms with Crippen LogP contribution < -0.4 is 10.6 Å². The molecule has 0 saturated heterocycles. The molecule has 0 unspecified atom stereocenters. The molecule has 2 aromatic rings. The Kier molecular flexibility index (Phi) is 4.93. The van der Waals surface area contributed by atoms with Crippen molar-refractivity contribution >= 4 is 50.2 Å². The monoisotopic (exact) mass is 390 g/mol. The van der Waals surface area contributed by atoms with Crippen LogP contribution in [-0.4, -0.2) is 17.9 Å². The maximum Gasteiger partial charge on any atom is 0.254 e. The Bertz CT molecular complexity index is 765. The van der Waals surface area contributed by atoms with Gasteiger partial charge < -0.3 is 10.6 Å². The summed E-state index contributed by atoms with van der Waals surface area (Å²) in [6.07, 6.45) is 5.26. The van der Waals surface area contributed by atoms with Gasteiger partial charge in [0.2, 0.25) is 5.91 Å². The third-order valence-electron chi connectivity index (χ3n) is 3.38. The summed E-state index contributed by atoms with van der Waals surface area (Å²) in [5.74, 6) is -0.387. The van der Waals surface area contributed by atoms with E-state index in [9.17, 15) is 9.59 Å². The Morgan fingerprint density at radius 2 is 2.00 bits per heavy atom. The molecule has 4 nitrogen and oxygen atoms in total. The first-order chi connectivity index (χ1) is 11.1. The van der Waals surface area contributed by atoms with Crippen molar-refractivity contribution in [1.82, 2.24) is 5.32 Å². The summed E-state index contributed by atoms with van der Waals surface area (Å²) in [7, 11) is 0. The minimum atomic E-state index is -0.260. The number of nitrogens with one attached hydrogen (secondary N) is 2. The number of benzene rings is 1. The van der Waals surface area contributed by atoms with Gasteiger partial charge in [-0.2, -0.15) is 0 Å². The van der Waals surface area contributed by atoms with E-state index in [2.05, 4.69) is 26.6 Å². The van der Waals surface area contributed by atoms with Gasteiger partial charge in [0.05, 0.1) is 5.56 Å². The highest BCUT2D eigenvalue weighted by Crippen LogP contribution is 2.26. The molecule has 6 heteroatoms. The van der Waals surface area contributed by atoms with Crippen LogP contribution in [-0.2, 0) is 4.79 Å². The minimum absolute atomic E-state index is 0.126. The van der Waals surface area contributed by atoms with E-state index in [1.165, 1.54) is 17.4 Å². The number of thiophene rings is 1. The van der Waals surface area contributed by atoms with Gasteiger partial charge in [0.25, 0.3) is 5.91 Å². The summed E-state index contributed by atoms with van der Waals surface area (Å²) in [4.78, 5) is 24.2. The molecular weight excluding hydrogens is 376 g/mol. The highest BCUT2D eigenvalue weighted by atomic mass is 79.9. The third kappa shape index (κ3) is 4.30. The lowest BCUT2D eigenvalue weighted by Crippen LogP contribution is -2.26. The van der Waals surface area contributed by atoms with Crippen molar-refractivity contribution in [3.63, 3.8) is 0 Å². The quantitative estimate of drug-likeness (QED) is 0.756. The van der Waals surface area contributed by atoms with E-state index in [0.717, 1.165) is 22.9 Å². The summed E-state index contributed by atoms with van der Waals surface area (Å²) in [5.41, 5.74) is 1.44. The number of carbonyl (C=O) groups is 2. The second kappa shape index (κ2) is 7.10. The van der Waals surface area contributed by atoms with Crippen molar-refractivity contribution < 1.29 is 9.59 Å². The smallest absolute Gasteiger partial charge is 0.254 e. The van der Waals surface area contributed by atoms with E-state index in [4.69, 9.17) is 0 Å². The second-order valence-electron chi connectivity index (χ2n) is 5.26. The van der Waals surface area contributed by atoms with Crippen LogP contribution in [0, 0.1) is 0 Å². The van der Waals surface area contributed by atoms with Gasteiger partial charge in [0.15, 0.2) is 0 Å². The van der Waals surface area contributed by atoms with Crippen molar-refractivity contribution in [1.29, 1.82) is 0 Å². The van der Waals surface area contributed by atoms with Crippen LogP contribution >= 0.6 is 27.3 Å². The zero-order valence-corrected chi connectivity index (χ0v) is 14.6. The SMILES string of the molecule is O=C(/C=C/c1ccccc1Br)Nc1sccc1C(=O)NC1CC1. The summed E-state index contributed by atoms with van der Waals surface area (Å²) < 4.78 is 0.921. The molecule has 1 aromatic carbocycles. The van der Waals surface area contributed by atoms with E-state index in [-0.39, 0.29) is 11.8 Å². The standard InChI is InChI=1S/C17H15BrN2O2S/c18-14-4-2-1-3-11(14)5-8-15(21)20-17-13(9-10-23-17)16(22)19-12-6-7-12/h1-5,8-10,12H,6-7H2,(H,19,22)(H,20,21)/b8-5+. The fourth-order valence-electron chi connectivity index (χ4n) is 2.00. The predicted molar refractivity (Wildman–Crippen MR) is 96.6 cm³/mol. The molecule has 2 amide bonds. The highest BCUT2D eigenvalue weighted by Gasteiger charge is 2.25. The third-order valence-corrected chi connectivity index (χ3v) is 4.93. The van der Waals surface area contributed by atoms with Crippen molar-refractivity contribution in [2.24, 2.45) is 0 Å². The Morgan fingerprint density at radius 1 is 1.22 bits per heavy atom. The average Bonchev–Trinajstić information content (AvgIpc) is 3.22. The van der Waals surface area contributed by atoms with Crippen LogP contribution in [0.25, 0.3) is 6.08 Å². The molecule has 0 bridgehead atoms. The number of carbonyl (C=O) groups excluding carboxylic acids is 2. The van der Waals surface area contributed by atoms with Gasteiger partial charge in [-0.05, 0) is 42.0 Å². The molecule has 1 saturated carbocycles. The molecule has 23 heavy (non-hydrogen) atoms. The van der Waals surface area contributed by atoms with Crippen LogP contribution in [0.15, 0.2) is 46.3 Å². The van der Waals surface area contributed by atoms with Crippen molar-refractivity contribution in [3.8, 4) is 0 Å². The largest absolute Gasteiger partial charge is 0.349 e. The van der Waals surface area contributed by atoms with Gasteiger partial charge in [-0.1, -0.05) is 34.1 Å². The topological polar surface area (TPSA) is 58.2 Å². The van der Waals surface area contributed by atoms with Gasteiger partial charge in [0.1, 0.15) is 5.00 Å². The van der Waals surface area contributed by atoms with Crippen LogP contribution in [0.2, 0.25) is 0 Å². The van der Waals surface area contributed by atoms with E-state index >= 15 is 0 Å². The molecule has 2 N–H and O–H groups in total. The second-order valence-corrected chi connectivity index (χ2v) is 7.03. The Morgan fingerprint density at radius 3 is 2.74 bits per heavy atom. The lowest BCUT2D eigenvalue weighted by Gasteiger charge is -2.05. The van der Waals surface area contributed by atoms with Crippen LogP contribution in [0.3, 0.4) is 0 Å². The maximum atomic E-state index is 12.1. The molecule has 1 aliphatic carbocycles. The lowest BCUT2D eigenvalue weighted by molar-refractivity contribution is -0.111. The van der Waals surface area contributed by atoms with Gasteiger partial charge in [-0.15, -0.1) is 11.3 Å². The molecule has 1 fully saturated rings. The van der Waals surface area contributed by atoms with Crippen LogP contribution in [0.4, 0.5) is 5.00 Å². The van der Waals surface area contributed by atoms with Crippen molar-refractivity contribution in [2.45, 2.75) is 18.9 Å². The zero-order valence-electron chi connectivity index (χ0n) is 12.2. The molecular formula is C17H15BrN2O2S. The summed E-state index contributed by atoms with van der Waals surface area (Å²) in [6.45, 7) is 0. The predicted octanol–water partition coefficient (Wildman–Crippen LogP) is 4.05. The number of hydrogen-bond donors (Lipinski definition) is 2. The van der Waals surface area contributed by atoms with Gasteiger partial charge in [-0.3, -0.25) is 9.59 Å². The molecule has 1 aromatic heterocycles. The minimum Gasteiger partial charge on any atom is -0.349 e.